The van der Waals surface area contributed by atoms with Crippen LogP contribution in [0.3, 0.4) is 0 Å². The normalized spacial score (nSPS) is 17.9. The van der Waals surface area contributed by atoms with Crippen LogP contribution in [-0.4, -0.2) is 18.9 Å². The lowest BCUT2D eigenvalue weighted by Gasteiger charge is -2.30. The van der Waals surface area contributed by atoms with Crippen molar-refractivity contribution in [2.45, 2.75) is 6.92 Å². The van der Waals surface area contributed by atoms with Crippen LogP contribution in [0.2, 0.25) is 5.02 Å². The molecule has 21 heavy (non-hydrogen) atoms. The van der Waals surface area contributed by atoms with Gasteiger partial charge in [-0.25, -0.2) is 5.01 Å². The van der Waals surface area contributed by atoms with E-state index in [9.17, 15) is 5.26 Å². The second kappa shape index (κ2) is 5.24. The van der Waals surface area contributed by atoms with Crippen molar-refractivity contribution in [1.29, 1.82) is 5.26 Å². The first kappa shape index (κ1) is 13.7. The van der Waals surface area contributed by atoms with Gasteiger partial charge >= 0.3 is 0 Å². The molecular formula is C15H13ClN4O. The summed E-state index contributed by atoms with van der Waals surface area (Å²) in [5, 5.41) is 16.0. The Morgan fingerprint density at radius 3 is 3.00 bits per heavy atom. The lowest BCUT2D eigenvalue weighted by atomic mass is 9.99. The van der Waals surface area contributed by atoms with Crippen molar-refractivity contribution in [2.75, 3.05) is 18.2 Å². The van der Waals surface area contributed by atoms with E-state index in [1.807, 2.05) is 25.1 Å². The number of anilines is 1. The number of benzene rings is 1. The number of aryl methyl sites for hydroxylation is 1. The fraction of sp³-hybridized carbons (Fsp3) is 0.200. The number of hydrogen-bond acceptors (Lipinski definition) is 5. The molecule has 2 N–H and O–H groups in total. The van der Waals surface area contributed by atoms with Crippen molar-refractivity contribution in [3.63, 3.8) is 0 Å². The predicted octanol–water partition coefficient (Wildman–Crippen LogP) is 2.47. The Morgan fingerprint density at radius 2 is 2.29 bits per heavy atom. The van der Waals surface area contributed by atoms with Crippen molar-refractivity contribution >= 4 is 23.0 Å². The third-order valence-electron chi connectivity index (χ3n) is 3.44. The van der Waals surface area contributed by atoms with Crippen LogP contribution in [0.5, 0.6) is 0 Å². The molecule has 6 heteroatoms. The summed E-state index contributed by atoms with van der Waals surface area (Å²) in [6, 6.07) is 7.71. The molecule has 0 spiro atoms. The van der Waals surface area contributed by atoms with Gasteiger partial charge < -0.3 is 10.5 Å². The number of nitrogens with two attached hydrogens (primary N) is 1. The number of hydrazone groups is 1. The summed E-state index contributed by atoms with van der Waals surface area (Å²) in [4.78, 5) is 0. The van der Waals surface area contributed by atoms with E-state index in [1.54, 1.807) is 6.07 Å². The standard InChI is InChI=1S/C15H13ClN4O/c1-9-3-2-4-12(16)14(9)20-15(18)11(7-17)10-5-6-21-8-13(10)19-20/h2-5H,6,8,18H2,1H3. The van der Waals surface area contributed by atoms with E-state index in [4.69, 9.17) is 22.1 Å². The van der Waals surface area contributed by atoms with E-state index in [2.05, 4.69) is 11.2 Å². The number of fused-ring (bicyclic) bond motifs is 1. The number of halogens is 1. The smallest absolute Gasteiger partial charge is 0.144 e. The quantitative estimate of drug-likeness (QED) is 0.864. The molecule has 1 aromatic carbocycles. The highest BCUT2D eigenvalue weighted by Crippen LogP contribution is 2.35. The fourth-order valence-corrected chi connectivity index (χ4v) is 2.72. The maximum absolute atomic E-state index is 9.42. The molecule has 0 radical (unpaired) electrons. The second-order valence-corrected chi connectivity index (χ2v) is 5.18. The number of nitrogens with zero attached hydrogens (tertiary/aromatic N) is 3. The van der Waals surface area contributed by atoms with E-state index >= 15 is 0 Å². The van der Waals surface area contributed by atoms with Crippen molar-refractivity contribution < 1.29 is 4.74 Å². The third kappa shape index (κ3) is 2.19. The van der Waals surface area contributed by atoms with E-state index in [0.717, 1.165) is 11.1 Å². The molecule has 3 rings (SSSR count). The summed E-state index contributed by atoms with van der Waals surface area (Å²) in [5.74, 6) is 0.283. The van der Waals surface area contributed by atoms with Gasteiger partial charge in [0.2, 0.25) is 0 Å². The van der Waals surface area contributed by atoms with E-state index < -0.39 is 0 Å². The molecule has 5 nitrogen and oxygen atoms in total. The summed E-state index contributed by atoms with van der Waals surface area (Å²) in [6.07, 6.45) is 1.82. The first-order valence-corrected chi connectivity index (χ1v) is 6.82. The Labute approximate surface area is 127 Å². The van der Waals surface area contributed by atoms with Crippen LogP contribution in [-0.2, 0) is 4.74 Å². The molecule has 0 aliphatic carbocycles. The fourth-order valence-electron chi connectivity index (χ4n) is 2.42. The highest BCUT2D eigenvalue weighted by Gasteiger charge is 2.29. The third-order valence-corrected chi connectivity index (χ3v) is 3.75. The van der Waals surface area contributed by atoms with Gasteiger partial charge in [0, 0.05) is 5.57 Å². The van der Waals surface area contributed by atoms with E-state index in [-0.39, 0.29) is 5.82 Å². The van der Waals surface area contributed by atoms with Gasteiger partial charge in [-0.3, -0.25) is 0 Å². The van der Waals surface area contributed by atoms with Gasteiger partial charge in [0.15, 0.2) is 0 Å². The number of para-hydroxylation sites is 1. The molecule has 0 fully saturated rings. The maximum atomic E-state index is 9.42. The Morgan fingerprint density at radius 1 is 1.48 bits per heavy atom. The van der Waals surface area contributed by atoms with Crippen molar-refractivity contribution in [3.05, 3.63) is 51.8 Å². The van der Waals surface area contributed by atoms with E-state index in [0.29, 0.717) is 35.2 Å². The minimum absolute atomic E-state index is 0.283. The van der Waals surface area contributed by atoms with Crippen molar-refractivity contribution in [3.8, 4) is 6.07 Å². The Bertz CT molecular complexity index is 722. The number of ether oxygens (including phenoxy) is 1. The molecule has 0 bridgehead atoms. The summed E-state index contributed by atoms with van der Waals surface area (Å²) in [6.45, 7) is 2.73. The predicted molar refractivity (Wildman–Crippen MR) is 81.8 cm³/mol. The van der Waals surface area contributed by atoms with Crippen LogP contribution >= 0.6 is 11.6 Å². The highest BCUT2D eigenvalue weighted by molar-refractivity contribution is 6.33. The minimum Gasteiger partial charge on any atom is -0.383 e. The molecule has 0 saturated heterocycles. The van der Waals surface area contributed by atoms with Crippen LogP contribution < -0.4 is 10.7 Å². The summed E-state index contributed by atoms with van der Waals surface area (Å²) >= 11 is 6.28. The zero-order valence-electron chi connectivity index (χ0n) is 11.4. The van der Waals surface area contributed by atoms with Gasteiger partial charge in [-0.15, -0.1) is 0 Å². The SMILES string of the molecule is Cc1cccc(Cl)c1N1N=C2COCC=C2C(C#N)=C1N. The molecular weight excluding hydrogens is 288 g/mol. The summed E-state index contributed by atoms with van der Waals surface area (Å²) < 4.78 is 5.37. The zero-order valence-corrected chi connectivity index (χ0v) is 12.2. The first-order valence-electron chi connectivity index (χ1n) is 6.44. The zero-order chi connectivity index (χ0) is 15.0. The Balaban J connectivity index is 2.20. The molecule has 1 aromatic rings. The number of rotatable bonds is 1. The van der Waals surface area contributed by atoms with Crippen LogP contribution in [0.15, 0.2) is 46.3 Å². The number of nitriles is 1. The molecule has 0 saturated carbocycles. The van der Waals surface area contributed by atoms with Gasteiger partial charge in [-0.1, -0.05) is 23.7 Å². The largest absolute Gasteiger partial charge is 0.383 e. The van der Waals surface area contributed by atoms with Crippen molar-refractivity contribution in [1.82, 2.24) is 0 Å². The summed E-state index contributed by atoms with van der Waals surface area (Å²) in [5.41, 5.74) is 9.60. The number of hydrogen-bond donors (Lipinski definition) is 1. The monoisotopic (exact) mass is 300 g/mol. The lowest BCUT2D eigenvalue weighted by Crippen LogP contribution is -2.35. The van der Waals surface area contributed by atoms with Crippen LogP contribution in [0.25, 0.3) is 0 Å². The average molecular weight is 301 g/mol. The molecule has 0 unspecified atom stereocenters. The minimum atomic E-state index is 0.283. The number of allylic oxidation sites excluding steroid dienone is 1. The first-order chi connectivity index (χ1) is 10.1. The lowest BCUT2D eigenvalue weighted by molar-refractivity contribution is 0.199. The molecule has 0 amide bonds. The van der Waals surface area contributed by atoms with Crippen LogP contribution in [0.1, 0.15) is 5.56 Å². The molecule has 0 aromatic heterocycles. The molecule has 106 valence electrons. The highest BCUT2D eigenvalue weighted by atomic mass is 35.5. The second-order valence-electron chi connectivity index (χ2n) is 4.77. The average Bonchev–Trinajstić information content (AvgIpc) is 2.47. The Hall–Kier alpha value is -2.29. The van der Waals surface area contributed by atoms with E-state index in [1.165, 1.54) is 5.01 Å². The molecule has 2 heterocycles. The molecule has 2 aliphatic rings. The maximum Gasteiger partial charge on any atom is 0.144 e. The topological polar surface area (TPSA) is 74.6 Å². The molecule has 2 aliphatic heterocycles. The van der Waals surface area contributed by atoms with Gasteiger partial charge in [-0.05, 0) is 24.6 Å². The van der Waals surface area contributed by atoms with Gasteiger partial charge in [-0.2, -0.15) is 10.4 Å². The van der Waals surface area contributed by atoms with Crippen molar-refractivity contribution in [2.24, 2.45) is 10.8 Å². The Kier molecular flexibility index (Phi) is 3.42. The van der Waals surface area contributed by atoms with Crippen LogP contribution in [0.4, 0.5) is 5.69 Å². The molecule has 0 atom stereocenters. The van der Waals surface area contributed by atoms with Crippen LogP contribution in [0, 0.1) is 18.3 Å². The van der Waals surface area contributed by atoms with Gasteiger partial charge in [0.05, 0.1) is 29.6 Å². The summed E-state index contributed by atoms with van der Waals surface area (Å²) in [7, 11) is 0. The van der Waals surface area contributed by atoms with Gasteiger partial charge in [0.25, 0.3) is 0 Å². The van der Waals surface area contributed by atoms with Gasteiger partial charge in [0.1, 0.15) is 17.5 Å².